The molecule has 0 heterocycles. The molecule has 9 nitrogen and oxygen atoms in total. The maximum atomic E-state index is 14.1. The summed E-state index contributed by atoms with van der Waals surface area (Å²) >= 11 is 0. The van der Waals surface area contributed by atoms with Crippen LogP contribution in [0.4, 0.5) is 14.5 Å². The third-order valence-electron chi connectivity index (χ3n) is 6.99. The number of anilines is 1. The number of hydrogen-bond acceptors (Lipinski definition) is 6. The van der Waals surface area contributed by atoms with Crippen molar-refractivity contribution in [3.63, 3.8) is 0 Å². The lowest BCUT2D eigenvalue weighted by atomic mass is 10.1. The van der Waals surface area contributed by atoms with Crippen molar-refractivity contribution in [3.8, 4) is 11.5 Å². The summed E-state index contributed by atoms with van der Waals surface area (Å²) in [6.07, 6.45) is 0.893. The van der Waals surface area contributed by atoms with Crippen LogP contribution in [0, 0.1) is 11.6 Å². The number of carbonyl (C=O) groups excluding carboxylic acids is 2. The Balaban J connectivity index is 2.09. The van der Waals surface area contributed by atoms with E-state index in [0.717, 1.165) is 16.4 Å². The molecule has 0 aromatic heterocycles. The fourth-order valence-electron chi connectivity index (χ4n) is 4.39. The zero-order valence-electron chi connectivity index (χ0n) is 24.8. The number of sulfonamides is 1. The van der Waals surface area contributed by atoms with Gasteiger partial charge in [0.15, 0.2) is 11.5 Å². The highest BCUT2D eigenvalue weighted by molar-refractivity contribution is 7.92. The quantitative estimate of drug-likeness (QED) is 0.276. The van der Waals surface area contributed by atoms with Crippen LogP contribution >= 0.6 is 0 Å². The van der Waals surface area contributed by atoms with Crippen LogP contribution in [0.3, 0.4) is 0 Å². The summed E-state index contributed by atoms with van der Waals surface area (Å²) in [5.74, 6) is -1.70. The van der Waals surface area contributed by atoms with Crippen molar-refractivity contribution < 1.29 is 36.3 Å². The van der Waals surface area contributed by atoms with Crippen molar-refractivity contribution in [3.05, 3.63) is 83.9 Å². The molecule has 0 aliphatic heterocycles. The zero-order valence-corrected chi connectivity index (χ0v) is 25.7. The number of hydrogen-bond donors (Lipinski definition) is 1. The van der Waals surface area contributed by atoms with Crippen LogP contribution in [-0.4, -0.2) is 58.0 Å². The zero-order chi connectivity index (χ0) is 31.7. The monoisotopic (exact) mass is 617 g/mol. The maximum absolute atomic E-state index is 14.1. The van der Waals surface area contributed by atoms with Gasteiger partial charge >= 0.3 is 0 Å². The Morgan fingerprint density at radius 1 is 0.860 bits per heavy atom. The van der Waals surface area contributed by atoms with Crippen LogP contribution in [0.2, 0.25) is 0 Å². The number of rotatable bonds is 14. The number of halogens is 2. The van der Waals surface area contributed by atoms with E-state index in [9.17, 15) is 26.8 Å². The molecule has 0 aliphatic rings. The summed E-state index contributed by atoms with van der Waals surface area (Å²) in [6, 6.07) is 13.0. The topological polar surface area (TPSA) is 105 Å². The Bertz CT molecular complexity index is 1500. The first-order chi connectivity index (χ1) is 20.4. The summed E-state index contributed by atoms with van der Waals surface area (Å²) < 4.78 is 66.9. The minimum Gasteiger partial charge on any atom is -0.493 e. The molecule has 2 unspecified atom stereocenters. The van der Waals surface area contributed by atoms with Gasteiger partial charge in [0.25, 0.3) is 10.0 Å². The summed E-state index contributed by atoms with van der Waals surface area (Å²) in [5, 5.41) is 2.89. The van der Waals surface area contributed by atoms with Crippen LogP contribution < -0.4 is 19.1 Å². The lowest BCUT2D eigenvalue weighted by Gasteiger charge is -2.33. The van der Waals surface area contributed by atoms with Gasteiger partial charge in [0.1, 0.15) is 24.2 Å². The number of amides is 2. The first kappa shape index (κ1) is 33.3. The molecule has 3 rings (SSSR count). The van der Waals surface area contributed by atoms with Gasteiger partial charge < -0.3 is 19.7 Å². The third-order valence-corrected chi connectivity index (χ3v) is 8.76. The van der Waals surface area contributed by atoms with Crippen LogP contribution in [0.15, 0.2) is 71.6 Å². The highest BCUT2D eigenvalue weighted by Crippen LogP contribution is 2.32. The van der Waals surface area contributed by atoms with Crippen molar-refractivity contribution in [2.75, 3.05) is 25.1 Å². The molecule has 3 aromatic rings. The highest BCUT2D eigenvalue weighted by atomic mass is 32.2. The molecule has 3 aromatic carbocycles. The van der Waals surface area contributed by atoms with E-state index in [0.29, 0.717) is 17.7 Å². The average molecular weight is 618 g/mol. The Labute approximate surface area is 251 Å². The van der Waals surface area contributed by atoms with Crippen molar-refractivity contribution in [2.24, 2.45) is 0 Å². The van der Waals surface area contributed by atoms with E-state index in [1.807, 2.05) is 13.8 Å². The number of ether oxygens (including phenoxy) is 2. The van der Waals surface area contributed by atoms with Crippen molar-refractivity contribution in [1.29, 1.82) is 0 Å². The van der Waals surface area contributed by atoms with Crippen LogP contribution in [-0.2, 0) is 26.2 Å². The Hall–Kier alpha value is -4.19. The molecular formula is C31H37F2N3O6S. The van der Waals surface area contributed by atoms with Crippen LogP contribution in [0.1, 0.15) is 39.2 Å². The average Bonchev–Trinajstić information content (AvgIpc) is 3.00. The second-order valence-corrected chi connectivity index (χ2v) is 11.8. The first-order valence-electron chi connectivity index (χ1n) is 13.8. The Kier molecular flexibility index (Phi) is 11.5. The number of benzene rings is 3. The molecule has 232 valence electrons. The van der Waals surface area contributed by atoms with E-state index in [1.165, 1.54) is 73.7 Å². The van der Waals surface area contributed by atoms with E-state index in [1.54, 1.807) is 6.92 Å². The summed E-state index contributed by atoms with van der Waals surface area (Å²) in [7, 11) is -1.66. The van der Waals surface area contributed by atoms with Gasteiger partial charge in [0.2, 0.25) is 11.8 Å². The molecule has 1 N–H and O–H groups in total. The van der Waals surface area contributed by atoms with E-state index < -0.39 is 46.1 Å². The first-order valence-corrected chi connectivity index (χ1v) is 15.2. The van der Waals surface area contributed by atoms with E-state index >= 15 is 0 Å². The minimum absolute atomic E-state index is 0.0309. The SMILES string of the molecule is CCC(C)NC(=O)C(CC)N(Cc1ccc(F)cc1)C(=O)CN(c1ccc(F)cc1)S(=O)(=O)c1ccc(OC)c(OC)c1. The van der Waals surface area contributed by atoms with Gasteiger partial charge in [-0.15, -0.1) is 0 Å². The van der Waals surface area contributed by atoms with Gasteiger partial charge in [-0.05, 0) is 73.9 Å². The second kappa shape index (κ2) is 14.8. The fourth-order valence-corrected chi connectivity index (χ4v) is 5.82. The summed E-state index contributed by atoms with van der Waals surface area (Å²) in [5.41, 5.74) is 0.573. The molecule has 2 atom stereocenters. The van der Waals surface area contributed by atoms with E-state index in [2.05, 4.69) is 5.32 Å². The Morgan fingerprint density at radius 2 is 1.44 bits per heavy atom. The fraction of sp³-hybridized carbons (Fsp3) is 0.355. The number of methoxy groups -OCH3 is 2. The van der Waals surface area contributed by atoms with E-state index in [4.69, 9.17) is 9.47 Å². The van der Waals surface area contributed by atoms with Gasteiger partial charge in [0.05, 0.1) is 24.8 Å². The molecule has 0 saturated heterocycles. The molecule has 43 heavy (non-hydrogen) atoms. The molecule has 0 bridgehead atoms. The number of nitrogens with one attached hydrogen (secondary N) is 1. The van der Waals surface area contributed by atoms with E-state index in [-0.39, 0.29) is 35.3 Å². The molecule has 2 amide bonds. The molecule has 0 fully saturated rings. The standard InChI is InChI=1S/C31H37F2N3O6S/c1-6-21(3)34-31(38)27(7-2)35(19-22-8-10-23(32)11-9-22)30(37)20-36(25-14-12-24(33)13-15-25)43(39,40)26-16-17-28(41-4)29(18-26)42-5/h8-18,21,27H,6-7,19-20H2,1-5H3,(H,34,38). The van der Waals surface area contributed by atoms with Crippen molar-refractivity contribution >= 4 is 27.5 Å². The lowest BCUT2D eigenvalue weighted by molar-refractivity contribution is -0.140. The molecular weight excluding hydrogens is 580 g/mol. The predicted octanol–water partition coefficient (Wildman–Crippen LogP) is 4.90. The highest BCUT2D eigenvalue weighted by Gasteiger charge is 2.34. The Morgan fingerprint density at radius 3 is 1.98 bits per heavy atom. The smallest absolute Gasteiger partial charge is 0.264 e. The summed E-state index contributed by atoms with van der Waals surface area (Å²) in [6.45, 7) is 4.69. The van der Waals surface area contributed by atoms with Gasteiger partial charge in [-0.25, -0.2) is 17.2 Å². The largest absolute Gasteiger partial charge is 0.493 e. The lowest BCUT2D eigenvalue weighted by Crippen LogP contribution is -2.53. The van der Waals surface area contributed by atoms with Crippen molar-refractivity contribution in [1.82, 2.24) is 10.2 Å². The minimum atomic E-state index is -4.43. The number of carbonyl (C=O) groups is 2. The molecule has 0 spiro atoms. The normalized spacial score (nSPS) is 12.6. The van der Waals surface area contributed by atoms with Crippen molar-refractivity contribution in [2.45, 2.75) is 57.1 Å². The predicted molar refractivity (Wildman–Crippen MR) is 159 cm³/mol. The van der Waals surface area contributed by atoms with Crippen LogP contribution in [0.5, 0.6) is 11.5 Å². The third kappa shape index (κ3) is 8.22. The van der Waals surface area contributed by atoms with Gasteiger partial charge in [-0.1, -0.05) is 26.0 Å². The number of nitrogens with zero attached hydrogens (tertiary/aromatic N) is 2. The second-order valence-electron chi connectivity index (χ2n) is 9.89. The van der Waals surface area contributed by atoms with Gasteiger partial charge in [-0.3, -0.25) is 13.9 Å². The van der Waals surface area contributed by atoms with Crippen LogP contribution in [0.25, 0.3) is 0 Å². The molecule has 0 aliphatic carbocycles. The summed E-state index contributed by atoms with van der Waals surface area (Å²) in [4.78, 5) is 28.5. The van der Waals surface area contributed by atoms with Gasteiger partial charge in [-0.2, -0.15) is 0 Å². The molecule has 12 heteroatoms. The molecule has 0 radical (unpaired) electrons. The maximum Gasteiger partial charge on any atom is 0.264 e. The molecule has 0 saturated carbocycles. The van der Waals surface area contributed by atoms with Gasteiger partial charge in [0, 0.05) is 18.7 Å².